The lowest BCUT2D eigenvalue weighted by molar-refractivity contribution is 0.0302. The van der Waals surface area contributed by atoms with Gasteiger partial charge in [0.1, 0.15) is 5.75 Å². The Hall–Kier alpha value is -1.75. The highest BCUT2D eigenvalue weighted by molar-refractivity contribution is 5.97. The first-order valence-electron chi connectivity index (χ1n) is 6.51. The number of nitrogen functional groups attached to an aromatic ring is 1. The summed E-state index contributed by atoms with van der Waals surface area (Å²) in [6.45, 7) is 4.45. The Bertz CT molecular complexity index is 468. The van der Waals surface area contributed by atoms with Gasteiger partial charge in [-0.15, -0.1) is 0 Å². The summed E-state index contributed by atoms with van der Waals surface area (Å²) in [4.78, 5) is 14.3. The second-order valence-electron chi connectivity index (χ2n) is 4.47. The average Bonchev–Trinajstić information content (AvgIpc) is 2.47. The summed E-state index contributed by atoms with van der Waals surface area (Å²) in [5, 5.41) is 0. The van der Waals surface area contributed by atoms with Crippen LogP contribution in [0.5, 0.6) is 5.75 Å². The third-order valence-corrected chi connectivity index (χ3v) is 3.38. The number of hydrogen-bond donors (Lipinski definition) is 1. The molecule has 5 nitrogen and oxygen atoms in total. The van der Waals surface area contributed by atoms with E-state index in [0.717, 1.165) is 5.56 Å². The SMILES string of the molecule is CCc1c(C(=O)N2CCOCC2)ccc(N)c1OC. The molecule has 1 aromatic rings. The maximum Gasteiger partial charge on any atom is 0.254 e. The smallest absolute Gasteiger partial charge is 0.254 e. The van der Waals surface area contributed by atoms with Gasteiger partial charge in [0.25, 0.3) is 5.91 Å². The molecule has 104 valence electrons. The van der Waals surface area contributed by atoms with Gasteiger partial charge in [0.2, 0.25) is 0 Å². The molecule has 0 saturated carbocycles. The highest BCUT2D eigenvalue weighted by Crippen LogP contribution is 2.30. The molecule has 0 atom stereocenters. The van der Waals surface area contributed by atoms with E-state index in [1.807, 2.05) is 11.8 Å². The summed E-state index contributed by atoms with van der Waals surface area (Å²) in [5.41, 5.74) is 8.00. The van der Waals surface area contributed by atoms with Crippen LogP contribution in [0.2, 0.25) is 0 Å². The van der Waals surface area contributed by atoms with E-state index >= 15 is 0 Å². The van der Waals surface area contributed by atoms with Crippen molar-refractivity contribution >= 4 is 11.6 Å². The molecule has 0 radical (unpaired) electrons. The van der Waals surface area contributed by atoms with Gasteiger partial charge in [0.15, 0.2) is 0 Å². The maximum atomic E-state index is 12.5. The van der Waals surface area contributed by atoms with Crippen LogP contribution < -0.4 is 10.5 Å². The summed E-state index contributed by atoms with van der Waals surface area (Å²) in [5.74, 6) is 0.639. The van der Waals surface area contributed by atoms with Crippen molar-refractivity contribution in [2.75, 3.05) is 39.1 Å². The molecule has 1 heterocycles. The molecule has 19 heavy (non-hydrogen) atoms. The molecule has 1 aliphatic rings. The van der Waals surface area contributed by atoms with Gasteiger partial charge in [0, 0.05) is 24.2 Å². The molecule has 1 aromatic carbocycles. The van der Waals surface area contributed by atoms with Crippen molar-refractivity contribution in [1.82, 2.24) is 4.90 Å². The van der Waals surface area contributed by atoms with Gasteiger partial charge in [-0.05, 0) is 18.6 Å². The standard InChI is InChI=1S/C14H20N2O3/c1-3-10-11(4-5-12(15)13(10)18-2)14(17)16-6-8-19-9-7-16/h4-5H,3,6-9,15H2,1-2H3. The van der Waals surface area contributed by atoms with Gasteiger partial charge >= 0.3 is 0 Å². The predicted octanol–water partition coefficient (Wildman–Crippen LogP) is 1.31. The van der Waals surface area contributed by atoms with Gasteiger partial charge in [-0.2, -0.15) is 0 Å². The second-order valence-corrected chi connectivity index (χ2v) is 4.47. The van der Waals surface area contributed by atoms with E-state index in [1.54, 1.807) is 19.2 Å². The van der Waals surface area contributed by atoms with Crippen molar-refractivity contribution in [3.63, 3.8) is 0 Å². The van der Waals surface area contributed by atoms with Crippen LogP contribution in [0.1, 0.15) is 22.8 Å². The predicted molar refractivity (Wildman–Crippen MR) is 73.5 cm³/mol. The van der Waals surface area contributed by atoms with Gasteiger partial charge in [-0.1, -0.05) is 6.92 Å². The first-order valence-corrected chi connectivity index (χ1v) is 6.51. The zero-order valence-electron chi connectivity index (χ0n) is 11.4. The van der Waals surface area contributed by atoms with Gasteiger partial charge < -0.3 is 20.1 Å². The third-order valence-electron chi connectivity index (χ3n) is 3.38. The summed E-state index contributed by atoms with van der Waals surface area (Å²) >= 11 is 0. The quantitative estimate of drug-likeness (QED) is 0.836. The van der Waals surface area contributed by atoms with Crippen molar-refractivity contribution in [1.29, 1.82) is 0 Å². The van der Waals surface area contributed by atoms with E-state index in [2.05, 4.69) is 0 Å². The van der Waals surface area contributed by atoms with E-state index in [4.69, 9.17) is 15.2 Å². The van der Waals surface area contributed by atoms with E-state index < -0.39 is 0 Å². The minimum absolute atomic E-state index is 0.0263. The summed E-state index contributed by atoms with van der Waals surface area (Å²) in [7, 11) is 1.58. The first kappa shape index (κ1) is 13.7. The molecule has 0 bridgehead atoms. The molecule has 1 fully saturated rings. The lowest BCUT2D eigenvalue weighted by atomic mass is 10.0. The highest BCUT2D eigenvalue weighted by Gasteiger charge is 2.23. The molecule has 0 aliphatic carbocycles. The lowest BCUT2D eigenvalue weighted by Gasteiger charge is -2.28. The first-order chi connectivity index (χ1) is 9.19. The molecule has 1 saturated heterocycles. The number of carbonyl (C=O) groups is 1. The second kappa shape index (κ2) is 5.93. The Labute approximate surface area is 113 Å². The molecule has 1 aliphatic heterocycles. The molecule has 0 aromatic heterocycles. The Balaban J connectivity index is 2.35. The lowest BCUT2D eigenvalue weighted by Crippen LogP contribution is -2.41. The van der Waals surface area contributed by atoms with Crippen LogP contribution in [0.3, 0.4) is 0 Å². The minimum Gasteiger partial charge on any atom is -0.494 e. The third kappa shape index (κ3) is 2.66. The Kier molecular flexibility index (Phi) is 4.27. The Morgan fingerprint density at radius 3 is 2.68 bits per heavy atom. The van der Waals surface area contributed by atoms with E-state index in [9.17, 15) is 4.79 Å². The fraction of sp³-hybridized carbons (Fsp3) is 0.500. The molecule has 2 rings (SSSR count). The largest absolute Gasteiger partial charge is 0.494 e. The van der Waals surface area contributed by atoms with Crippen molar-refractivity contribution in [3.8, 4) is 5.75 Å². The molecule has 0 unspecified atom stereocenters. The number of nitrogens with two attached hydrogens (primary N) is 1. The van der Waals surface area contributed by atoms with Gasteiger partial charge in [-0.25, -0.2) is 0 Å². The zero-order valence-corrected chi connectivity index (χ0v) is 11.4. The normalized spacial score (nSPS) is 15.4. The molecule has 1 amide bonds. The van der Waals surface area contributed by atoms with Crippen LogP contribution in [-0.2, 0) is 11.2 Å². The number of morpholine rings is 1. The van der Waals surface area contributed by atoms with Crippen LogP contribution in [0, 0.1) is 0 Å². The van der Waals surface area contributed by atoms with Gasteiger partial charge in [0.05, 0.1) is 26.0 Å². The van der Waals surface area contributed by atoms with Crippen molar-refractivity contribution in [2.45, 2.75) is 13.3 Å². The molecule has 0 spiro atoms. The number of hydrogen-bond acceptors (Lipinski definition) is 4. The monoisotopic (exact) mass is 264 g/mol. The fourth-order valence-corrected chi connectivity index (χ4v) is 2.38. The van der Waals surface area contributed by atoms with Crippen LogP contribution in [0.15, 0.2) is 12.1 Å². The zero-order chi connectivity index (χ0) is 13.8. The number of nitrogens with zero attached hydrogens (tertiary/aromatic N) is 1. The number of carbonyl (C=O) groups excluding carboxylic acids is 1. The summed E-state index contributed by atoms with van der Waals surface area (Å²) < 4.78 is 10.6. The minimum atomic E-state index is 0.0263. The Morgan fingerprint density at radius 2 is 2.11 bits per heavy atom. The number of ether oxygens (including phenoxy) is 2. The van der Waals surface area contributed by atoms with Crippen LogP contribution in [0.4, 0.5) is 5.69 Å². The van der Waals surface area contributed by atoms with E-state index in [0.29, 0.717) is 49.7 Å². The average molecular weight is 264 g/mol. The molecule has 5 heteroatoms. The summed E-state index contributed by atoms with van der Waals surface area (Å²) in [6.07, 6.45) is 0.708. The number of methoxy groups -OCH3 is 1. The molecule has 2 N–H and O–H groups in total. The number of rotatable bonds is 3. The molecular formula is C14H20N2O3. The summed E-state index contributed by atoms with van der Waals surface area (Å²) in [6, 6.07) is 3.51. The van der Waals surface area contributed by atoms with E-state index in [1.165, 1.54) is 0 Å². The number of amides is 1. The van der Waals surface area contributed by atoms with E-state index in [-0.39, 0.29) is 5.91 Å². The topological polar surface area (TPSA) is 64.8 Å². The highest BCUT2D eigenvalue weighted by atomic mass is 16.5. The van der Waals surface area contributed by atoms with Crippen LogP contribution in [-0.4, -0.2) is 44.2 Å². The molecular weight excluding hydrogens is 244 g/mol. The van der Waals surface area contributed by atoms with Crippen molar-refractivity contribution in [2.24, 2.45) is 0 Å². The fourth-order valence-electron chi connectivity index (χ4n) is 2.38. The number of anilines is 1. The number of benzene rings is 1. The maximum absolute atomic E-state index is 12.5. The van der Waals surface area contributed by atoms with Crippen molar-refractivity contribution in [3.05, 3.63) is 23.3 Å². The van der Waals surface area contributed by atoms with Crippen molar-refractivity contribution < 1.29 is 14.3 Å². The van der Waals surface area contributed by atoms with Crippen LogP contribution in [0.25, 0.3) is 0 Å². The van der Waals surface area contributed by atoms with Gasteiger partial charge in [-0.3, -0.25) is 4.79 Å². The Morgan fingerprint density at radius 1 is 1.42 bits per heavy atom. The van der Waals surface area contributed by atoms with Crippen LogP contribution >= 0.6 is 0 Å².